The number of carbonyl (C=O) groups is 1. The molecule has 0 saturated carbocycles. The van der Waals surface area contributed by atoms with E-state index >= 15 is 0 Å². The molecule has 0 radical (unpaired) electrons. The molecule has 3 heterocycles. The molecule has 0 bridgehead atoms. The summed E-state index contributed by atoms with van der Waals surface area (Å²) in [5.74, 6) is 0.283. The van der Waals surface area contributed by atoms with Crippen LogP contribution in [0, 0.1) is 5.92 Å². The van der Waals surface area contributed by atoms with Crippen LogP contribution in [0.2, 0.25) is 0 Å². The molecule has 2 aromatic carbocycles. The van der Waals surface area contributed by atoms with E-state index in [1.54, 1.807) is 35.6 Å². The zero-order valence-electron chi connectivity index (χ0n) is 18.5. The van der Waals surface area contributed by atoms with E-state index in [9.17, 15) is 13.2 Å². The van der Waals surface area contributed by atoms with Crippen molar-refractivity contribution in [3.05, 3.63) is 66.3 Å². The molecule has 10 heteroatoms. The van der Waals surface area contributed by atoms with Crippen molar-refractivity contribution >= 4 is 37.9 Å². The Morgan fingerprint density at radius 1 is 1.09 bits per heavy atom. The Bertz CT molecular complexity index is 1370. The molecule has 1 aliphatic heterocycles. The van der Waals surface area contributed by atoms with Crippen molar-refractivity contribution in [2.45, 2.75) is 17.7 Å². The van der Waals surface area contributed by atoms with Gasteiger partial charge in [0.2, 0.25) is 15.9 Å². The van der Waals surface area contributed by atoms with Gasteiger partial charge in [0.25, 0.3) is 0 Å². The first kappa shape index (κ1) is 22.6. The number of benzene rings is 2. The van der Waals surface area contributed by atoms with Crippen LogP contribution in [-0.2, 0) is 14.8 Å². The number of hydrogen-bond donors (Lipinski definition) is 1. The second-order valence-electron chi connectivity index (χ2n) is 8.14. The van der Waals surface area contributed by atoms with E-state index in [-0.39, 0.29) is 16.7 Å². The van der Waals surface area contributed by atoms with E-state index < -0.39 is 10.0 Å². The Morgan fingerprint density at radius 3 is 2.44 bits per heavy atom. The third kappa shape index (κ3) is 4.44. The third-order valence-electron chi connectivity index (χ3n) is 6.06. The average Bonchev–Trinajstić information content (AvgIpc) is 3.47. The Balaban J connectivity index is 1.18. The molecule has 0 aliphatic carbocycles. The quantitative estimate of drug-likeness (QED) is 0.434. The highest BCUT2D eigenvalue weighted by molar-refractivity contribution is 7.89. The van der Waals surface area contributed by atoms with Crippen LogP contribution in [0.5, 0.6) is 5.75 Å². The van der Waals surface area contributed by atoms with Crippen LogP contribution in [0.15, 0.2) is 71.2 Å². The van der Waals surface area contributed by atoms with Crippen molar-refractivity contribution in [2.75, 3.05) is 25.5 Å². The van der Waals surface area contributed by atoms with E-state index in [1.807, 2.05) is 46.4 Å². The second-order valence-corrected chi connectivity index (χ2v) is 11.0. The van der Waals surface area contributed by atoms with Gasteiger partial charge in [-0.2, -0.15) is 4.31 Å². The van der Waals surface area contributed by atoms with Gasteiger partial charge < -0.3 is 10.1 Å². The van der Waals surface area contributed by atoms with E-state index in [0.29, 0.717) is 37.4 Å². The lowest BCUT2D eigenvalue weighted by atomic mass is 9.97. The Morgan fingerprint density at radius 2 is 1.79 bits per heavy atom. The maximum absolute atomic E-state index is 12.9. The van der Waals surface area contributed by atoms with Gasteiger partial charge in [-0.3, -0.25) is 9.20 Å². The molecule has 176 valence electrons. The van der Waals surface area contributed by atoms with Crippen LogP contribution < -0.4 is 10.1 Å². The highest BCUT2D eigenvalue weighted by Crippen LogP contribution is 2.27. The molecule has 5 rings (SSSR count). The van der Waals surface area contributed by atoms with Crippen LogP contribution in [0.3, 0.4) is 0 Å². The maximum Gasteiger partial charge on any atom is 0.243 e. The van der Waals surface area contributed by atoms with Crippen LogP contribution in [0.1, 0.15) is 12.8 Å². The first-order valence-electron chi connectivity index (χ1n) is 10.9. The number of imidazole rings is 1. The van der Waals surface area contributed by atoms with Gasteiger partial charge in [-0.15, -0.1) is 11.3 Å². The highest BCUT2D eigenvalue weighted by Gasteiger charge is 2.32. The fourth-order valence-electron chi connectivity index (χ4n) is 4.09. The number of aromatic nitrogens is 2. The van der Waals surface area contributed by atoms with Gasteiger partial charge >= 0.3 is 0 Å². The molecule has 4 aromatic rings. The van der Waals surface area contributed by atoms with Crippen molar-refractivity contribution in [1.29, 1.82) is 0 Å². The van der Waals surface area contributed by atoms with Crippen LogP contribution in [0.25, 0.3) is 16.2 Å². The number of sulfonamides is 1. The smallest absolute Gasteiger partial charge is 0.243 e. The van der Waals surface area contributed by atoms with Crippen molar-refractivity contribution in [3.8, 4) is 17.0 Å². The lowest BCUT2D eigenvalue weighted by Gasteiger charge is -2.30. The molecule has 2 aromatic heterocycles. The molecule has 1 aliphatic rings. The predicted molar refractivity (Wildman–Crippen MR) is 132 cm³/mol. The molecule has 1 fully saturated rings. The lowest BCUT2D eigenvalue weighted by molar-refractivity contribution is -0.120. The molecular formula is C24H24N4O4S2. The second kappa shape index (κ2) is 9.21. The van der Waals surface area contributed by atoms with Gasteiger partial charge in [-0.1, -0.05) is 12.1 Å². The van der Waals surface area contributed by atoms with Crippen molar-refractivity contribution < 1.29 is 17.9 Å². The van der Waals surface area contributed by atoms with Crippen molar-refractivity contribution in [3.63, 3.8) is 0 Å². The monoisotopic (exact) mass is 496 g/mol. The van der Waals surface area contributed by atoms with E-state index in [4.69, 9.17) is 4.74 Å². The number of piperidine rings is 1. The summed E-state index contributed by atoms with van der Waals surface area (Å²) in [5.41, 5.74) is 2.57. The summed E-state index contributed by atoms with van der Waals surface area (Å²) in [6.07, 6.45) is 4.90. The fraction of sp³-hybridized carbons (Fsp3) is 0.250. The number of amides is 1. The van der Waals surface area contributed by atoms with Gasteiger partial charge in [0.05, 0.1) is 17.7 Å². The summed E-state index contributed by atoms with van der Waals surface area (Å²) in [5, 5.41) is 4.96. The van der Waals surface area contributed by atoms with Gasteiger partial charge in [-0.25, -0.2) is 13.4 Å². The molecule has 1 N–H and O–H groups in total. The molecule has 34 heavy (non-hydrogen) atoms. The number of fused-ring (bicyclic) bond motifs is 1. The third-order valence-corrected chi connectivity index (χ3v) is 8.75. The summed E-state index contributed by atoms with van der Waals surface area (Å²) in [4.78, 5) is 18.6. The van der Waals surface area contributed by atoms with Crippen LogP contribution in [-0.4, -0.2) is 48.2 Å². The van der Waals surface area contributed by atoms with Crippen molar-refractivity contribution in [2.24, 2.45) is 5.92 Å². The van der Waals surface area contributed by atoms with Gasteiger partial charge in [0, 0.05) is 48.0 Å². The number of nitrogens with one attached hydrogen (secondary N) is 1. The van der Waals surface area contributed by atoms with Crippen LogP contribution >= 0.6 is 11.3 Å². The number of anilines is 1. The summed E-state index contributed by atoms with van der Waals surface area (Å²) in [7, 11) is -2.06. The fourth-order valence-corrected chi connectivity index (χ4v) is 6.26. The molecule has 1 amide bonds. The van der Waals surface area contributed by atoms with E-state index in [2.05, 4.69) is 10.3 Å². The minimum Gasteiger partial charge on any atom is -0.497 e. The lowest BCUT2D eigenvalue weighted by Crippen LogP contribution is -2.41. The van der Waals surface area contributed by atoms with Crippen LogP contribution in [0.4, 0.5) is 5.69 Å². The summed E-state index contributed by atoms with van der Waals surface area (Å²) < 4.78 is 34.4. The SMILES string of the molecule is COc1ccc(S(=O)(=O)N2CCC(C(=O)Nc3ccc(-c4cn5ccsc5n4)cc3)CC2)cc1. The average molecular weight is 497 g/mol. The van der Waals surface area contributed by atoms with Crippen molar-refractivity contribution in [1.82, 2.24) is 13.7 Å². The summed E-state index contributed by atoms with van der Waals surface area (Å²) in [6, 6.07) is 14.0. The maximum atomic E-state index is 12.9. The zero-order chi connectivity index (χ0) is 23.7. The Hall–Kier alpha value is -3.21. The molecule has 0 unspecified atom stereocenters. The largest absolute Gasteiger partial charge is 0.497 e. The predicted octanol–water partition coefficient (Wildman–Crippen LogP) is 4.11. The number of ether oxygens (including phenoxy) is 1. The number of hydrogen-bond acceptors (Lipinski definition) is 6. The molecule has 0 spiro atoms. The Kier molecular flexibility index (Phi) is 6.11. The minimum absolute atomic E-state index is 0.0863. The molecule has 8 nitrogen and oxygen atoms in total. The number of rotatable bonds is 6. The number of nitrogens with zero attached hydrogens (tertiary/aromatic N) is 3. The summed E-state index contributed by atoms with van der Waals surface area (Å²) in [6.45, 7) is 0.617. The first-order valence-corrected chi connectivity index (χ1v) is 13.2. The molecule has 0 atom stereocenters. The standard InChI is InChI=1S/C24H24N4O4S2/c1-32-20-6-8-21(9-7-20)34(30,31)28-12-10-18(11-13-28)23(29)25-19-4-2-17(3-5-19)22-16-27-14-15-33-24(27)26-22/h2-9,14-16,18H,10-13H2,1H3,(H,25,29). The molecular weight excluding hydrogens is 472 g/mol. The summed E-state index contributed by atoms with van der Waals surface area (Å²) >= 11 is 1.58. The zero-order valence-corrected chi connectivity index (χ0v) is 20.2. The minimum atomic E-state index is -3.59. The number of thiazole rings is 1. The Labute approximate surface area is 201 Å². The van der Waals surface area contributed by atoms with Gasteiger partial charge in [0.15, 0.2) is 4.96 Å². The van der Waals surface area contributed by atoms with Gasteiger partial charge in [0.1, 0.15) is 5.75 Å². The van der Waals surface area contributed by atoms with E-state index in [1.165, 1.54) is 11.4 Å². The topological polar surface area (TPSA) is 93.0 Å². The number of carbonyl (C=O) groups excluding carboxylic acids is 1. The molecule has 1 saturated heterocycles. The van der Waals surface area contributed by atoms with E-state index in [0.717, 1.165) is 16.2 Å². The van der Waals surface area contributed by atoms with Gasteiger partial charge in [-0.05, 0) is 49.2 Å². The number of methoxy groups -OCH3 is 1. The first-order chi connectivity index (χ1) is 16.4. The highest BCUT2D eigenvalue weighted by atomic mass is 32.2. The normalized spacial score (nSPS) is 15.4.